The Kier molecular flexibility index (Phi) is 9.34. The van der Waals surface area contributed by atoms with Gasteiger partial charge in [-0.05, 0) is 35.9 Å². The Morgan fingerprint density at radius 2 is 1.63 bits per heavy atom. The molecule has 0 radical (unpaired) electrons. The first-order valence-corrected chi connectivity index (χ1v) is 11.4. The first-order chi connectivity index (χ1) is 17.1. The summed E-state index contributed by atoms with van der Waals surface area (Å²) in [5.74, 6) is -0.695. The van der Waals surface area contributed by atoms with Crippen LogP contribution in [0.3, 0.4) is 0 Å². The van der Waals surface area contributed by atoms with Crippen LogP contribution >= 0.6 is 0 Å². The number of benzene rings is 3. The van der Waals surface area contributed by atoms with E-state index in [4.69, 9.17) is 5.11 Å². The number of aliphatic hydroxyl groups is 1. The van der Waals surface area contributed by atoms with Crippen LogP contribution < -0.4 is 15.5 Å². The van der Waals surface area contributed by atoms with Gasteiger partial charge in [0.25, 0.3) is 5.91 Å². The molecule has 1 unspecified atom stereocenters. The minimum absolute atomic E-state index is 0.295. The zero-order valence-electron chi connectivity index (χ0n) is 19.9. The molecule has 4 rings (SSSR count). The predicted octanol–water partition coefficient (Wildman–Crippen LogP) is 3.79. The molecule has 1 saturated heterocycles. The van der Waals surface area contributed by atoms with E-state index in [1.165, 1.54) is 6.07 Å². The number of nitrogens with zero attached hydrogens (tertiary/aromatic N) is 2. The molecule has 1 atom stereocenters. The number of carbonyl (C=O) groups excluding carboxylic acids is 2. The van der Waals surface area contributed by atoms with Crippen molar-refractivity contribution in [1.82, 2.24) is 4.90 Å². The fourth-order valence-electron chi connectivity index (χ4n) is 4.21. The van der Waals surface area contributed by atoms with Crippen LogP contribution in [-0.2, 0) is 4.79 Å². The summed E-state index contributed by atoms with van der Waals surface area (Å²) in [7, 11) is 2.75. The number of hydrogen-bond acceptors (Lipinski definition) is 6. The third-order valence-corrected chi connectivity index (χ3v) is 5.96. The highest BCUT2D eigenvalue weighted by atomic mass is 19.1. The Morgan fingerprint density at radius 1 is 0.971 bits per heavy atom. The van der Waals surface area contributed by atoms with Gasteiger partial charge in [-0.15, -0.1) is 0 Å². The third-order valence-electron chi connectivity index (χ3n) is 5.96. The zero-order valence-corrected chi connectivity index (χ0v) is 19.9. The van der Waals surface area contributed by atoms with E-state index in [1.54, 1.807) is 31.3 Å². The van der Waals surface area contributed by atoms with Crippen molar-refractivity contribution in [1.29, 1.82) is 0 Å². The van der Waals surface area contributed by atoms with E-state index in [0.29, 0.717) is 48.8 Å². The van der Waals surface area contributed by atoms with Crippen molar-refractivity contribution in [3.8, 4) is 0 Å². The summed E-state index contributed by atoms with van der Waals surface area (Å²) in [6.07, 6.45) is 0.968. The highest BCUT2D eigenvalue weighted by Crippen LogP contribution is 2.27. The van der Waals surface area contributed by atoms with E-state index in [9.17, 15) is 14.0 Å². The van der Waals surface area contributed by atoms with Crippen LogP contribution in [0.25, 0.3) is 0 Å². The van der Waals surface area contributed by atoms with Crippen LogP contribution in [0.1, 0.15) is 22.0 Å². The van der Waals surface area contributed by atoms with Gasteiger partial charge in [0, 0.05) is 51.7 Å². The van der Waals surface area contributed by atoms with Crippen LogP contribution in [0, 0.1) is 5.82 Å². The quantitative estimate of drug-likeness (QED) is 0.448. The topological polar surface area (TPSA) is 84.9 Å². The second-order valence-corrected chi connectivity index (χ2v) is 7.93. The van der Waals surface area contributed by atoms with Crippen molar-refractivity contribution in [2.45, 2.75) is 6.04 Å². The maximum atomic E-state index is 14.9. The number of nitrogens with one attached hydrogen (secondary N) is 2. The van der Waals surface area contributed by atoms with Crippen LogP contribution in [0.4, 0.5) is 21.5 Å². The van der Waals surface area contributed by atoms with Crippen molar-refractivity contribution >= 4 is 29.3 Å². The highest BCUT2D eigenvalue weighted by molar-refractivity contribution is 6.08. The fraction of sp³-hybridized carbons (Fsp3) is 0.259. The van der Waals surface area contributed by atoms with Gasteiger partial charge in [-0.25, -0.2) is 4.39 Å². The largest absolute Gasteiger partial charge is 0.400 e. The van der Waals surface area contributed by atoms with E-state index in [1.807, 2.05) is 47.4 Å². The van der Waals surface area contributed by atoms with Gasteiger partial charge in [-0.1, -0.05) is 42.5 Å². The van der Waals surface area contributed by atoms with Crippen LogP contribution in [0.2, 0.25) is 0 Å². The average Bonchev–Trinajstić information content (AvgIpc) is 2.91. The molecule has 1 amide bonds. The lowest BCUT2D eigenvalue weighted by molar-refractivity contribution is -0.112. The number of halogens is 1. The lowest BCUT2D eigenvalue weighted by atomic mass is 10.1. The lowest BCUT2D eigenvalue weighted by Crippen LogP contribution is -2.48. The summed E-state index contributed by atoms with van der Waals surface area (Å²) >= 11 is 0. The number of aliphatic hydroxyl groups excluding tert-OH is 1. The van der Waals surface area contributed by atoms with Gasteiger partial charge in [-0.3, -0.25) is 9.69 Å². The van der Waals surface area contributed by atoms with Gasteiger partial charge in [0.2, 0.25) is 0 Å². The molecule has 8 heteroatoms. The Balaban J connectivity index is 0.00000167. The molecule has 1 fully saturated rings. The van der Waals surface area contributed by atoms with Crippen LogP contribution in [0.5, 0.6) is 0 Å². The fourth-order valence-corrected chi connectivity index (χ4v) is 4.21. The first-order valence-electron chi connectivity index (χ1n) is 11.4. The van der Waals surface area contributed by atoms with E-state index >= 15 is 0 Å². The molecule has 184 valence electrons. The molecule has 1 aliphatic rings. The SMILES string of the molecule is CNc1ccccc1C(=O)Nc1ccc(N2CCN(C(C=O)c3ccccc3)CC2)c(F)c1.CO. The number of carbonyl (C=O) groups is 2. The summed E-state index contributed by atoms with van der Waals surface area (Å²) in [6, 6.07) is 21.3. The van der Waals surface area contributed by atoms with Crippen LogP contribution in [0.15, 0.2) is 72.8 Å². The molecule has 0 aliphatic carbocycles. The monoisotopic (exact) mass is 478 g/mol. The molecule has 1 heterocycles. The summed E-state index contributed by atoms with van der Waals surface area (Å²) in [5.41, 5.74) is 3.05. The molecular formula is C27H31FN4O3. The van der Waals surface area contributed by atoms with Gasteiger partial charge in [-0.2, -0.15) is 0 Å². The zero-order chi connectivity index (χ0) is 25.2. The minimum Gasteiger partial charge on any atom is -0.400 e. The number of hydrogen-bond donors (Lipinski definition) is 3. The third kappa shape index (κ3) is 6.23. The Hall–Kier alpha value is -3.75. The lowest BCUT2D eigenvalue weighted by Gasteiger charge is -2.38. The van der Waals surface area contributed by atoms with Gasteiger partial charge in [0.05, 0.1) is 17.3 Å². The second kappa shape index (κ2) is 12.6. The molecule has 3 aromatic carbocycles. The summed E-state index contributed by atoms with van der Waals surface area (Å²) < 4.78 is 14.9. The van der Waals surface area contributed by atoms with E-state index in [0.717, 1.165) is 19.0 Å². The number of amides is 1. The smallest absolute Gasteiger partial charge is 0.257 e. The molecule has 1 aliphatic heterocycles. The maximum absolute atomic E-state index is 14.9. The maximum Gasteiger partial charge on any atom is 0.257 e. The molecule has 0 aromatic heterocycles. The highest BCUT2D eigenvalue weighted by Gasteiger charge is 2.26. The summed E-state index contributed by atoms with van der Waals surface area (Å²) in [4.78, 5) is 28.4. The summed E-state index contributed by atoms with van der Waals surface area (Å²) in [5, 5.41) is 12.8. The van der Waals surface area contributed by atoms with Crippen molar-refractivity contribution in [2.75, 3.05) is 55.9 Å². The number of rotatable bonds is 7. The number of para-hydroxylation sites is 1. The van der Waals surface area contributed by atoms with Crippen molar-refractivity contribution in [2.24, 2.45) is 0 Å². The van der Waals surface area contributed by atoms with E-state index in [2.05, 4.69) is 15.5 Å². The van der Waals surface area contributed by atoms with Crippen molar-refractivity contribution < 1.29 is 19.1 Å². The van der Waals surface area contributed by atoms with E-state index in [-0.39, 0.29) is 11.9 Å². The first kappa shape index (κ1) is 25.9. The van der Waals surface area contributed by atoms with Gasteiger partial charge in [0.1, 0.15) is 12.1 Å². The van der Waals surface area contributed by atoms with Gasteiger partial charge < -0.3 is 25.4 Å². The van der Waals surface area contributed by atoms with Crippen molar-refractivity contribution in [3.63, 3.8) is 0 Å². The molecular weight excluding hydrogens is 447 g/mol. The Labute approximate surface area is 205 Å². The molecule has 3 aromatic rings. The van der Waals surface area contributed by atoms with Gasteiger partial charge >= 0.3 is 0 Å². The Morgan fingerprint density at radius 3 is 2.26 bits per heavy atom. The predicted molar refractivity (Wildman–Crippen MR) is 138 cm³/mol. The number of piperazine rings is 1. The molecule has 7 nitrogen and oxygen atoms in total. The van der Waals surface area contributed by atoms with Crippen molar-refractivity contribution in [3.05, 3.63) is 89.7 Å². The minimum atomic E-state index is -0.391. The van der Waals surface area contributed by atoms with Gasteiger partial charge in [0.15, 0.2) is 0 Å². The standard InChI is InChI=1S/C26H27FN4O2.CH4O/c1-28-23-10-6-5-9-21(23)26(33)29-20-11-12-24(22(27)17-20)30-13-15-31(16-14-30)25(18-32)19-7-3-2-4-8-19;1-2/h2-12,17-18,25,28H,13-16H2,1H3,(H,29,33);2H,1H3. The molecule has 35 heavy (non-hydrogen) atoms. The second-order valence-electron chi connectivity index (χ2n) is 7.93. The molecule has 0 spiro atoms. The summed E-state index contributed by atoms with van der Waals surface area (Å²) in [6.45, 7) is 2.51. The van der Waals surface area contributed by atoms with Crippen LogP contribution in [-0.4, -0.2) is 62.5 Å². The Bertz CT molecular complexity index is 1120. The molecule has 3 N–H and O–H groups in total. The normalized spacial score (nSPS) is 14.3. The number of aldehydes is 1. The average molecular weight is 479 g/mol. The molecule has 0 saturated carbocycles. The molecule has 0 bridgehead atoms. The number of anilines is 3. The van der Waals surface area contributed by atoms with E-state index < -0.39 is 5.82 Å².